The molecule has 0 saturated carbocycles. The summed E-state index contributed by atoms with van der Waals surface area (Å²) < 4.78 is 11.5. The van der Waals surface area contributed by atoms with Crippen LogP contribution >= 0.6 is 0 Å². The van der Waals surface area contributed by atoms with Crippen molar-refractivity contribution in [1.82, 2.24) is 0 Å². The summed E-state index contributed by atoms with van der Waals surface area (Å²) in [6, 6.07) is 0. The maximum Gasteiger partial charge on any atom is 0.189 e. The minimum atomic E-state index is -0.800. The highest BCUT2D eigenvalue weighted by atomic mass is 16.5. The molecule has 0 aromatic rings. The summed E-state index contributed by atoms with van der Waals surface area (Å²) in [5.41, 5.74) is -0.480. The number of hydrogen-bond acceptors (Lipinski definition) is 3. The van der Waals surface area contributed by atoms with Gasteiger partial charge in [0.1, 0.15) is 5.60 Å². The van der Waals surface area contributed by atoms with E-state index in [1.54, 1.807) is 20.8 Å². The normalized spacial score (nSPS) is 12.5. The van der Waals surface area contributed by atoms with Crippen LogP contribution in [-0.2, 0) is 14.3 Å². The Morgan fingerprint density at radius 1 is 1.11 bits per heavy atom. The first-order chi connectivity index (χ1) is 8.62. The molecule has 0 aromatic carbocycles. The first kappa shape index (κ1) is 18.3. The highest BCUT2D eigenvalue weighted by molar-refractivity contribution is 6.00. The highest BCUT2D eigenvalue weighted by Gasteiger charge is 2.29. The summed E-state index contributed by atoms with van der Waals surface area (Å²) in [5, 5.41) is 0. The molecule has 3 nitrogen and oxygen atoms in total. The average Bonchev–Trinajstić information content (AvgIpc) is 2.27. The van der Waals surface area contributed by atoms with Gasteiger partial charge < -0.3 is 9.47 Å². The third-order valence-corrected chi connectivity index (χ3v) is 3.09. The molecule has 0 unspecified atom stereocenters. The largest absolute Gasteiger partial charge is 0.375 e. The van der Waals surface area contributed by atoms with Crippen LogP contribution in [0, 0.1) is 0 Å². The van der Waals surface area contributed by atoms with E-state index in [-0.39, 0.29) is 11.4 Å². The second-order valence-electron chi connectivity index (χ2n) is 6.18. The lowest BCUT2D eigenvalue weighted by Crippen LogP contribution is -2.37. The Kier molecular flexibility index (Phi) is 7.53. The molecule has 0 fully saturated rings. The monoisotopic (exact) mass is 270 g/mol. The molecular weight excluding hydrogens is 240 g/mol. The second kappa shape index (κ2) is 7.81. The molecule has 3 heteroatoms. The van der Waals surface area contributed by atoms with Crippen molar-refractivity contribution in [2.75, 3.05) is 13.2 Å². The van der Waals surface area contributed by atoms with Gasteiger partial charge in [-0.3, -0.25) is 4.79 Å². The van der Waals surface area contributed by atoms with Crippen LogP contribution in [0.1, 0.15) is 60.8 Å². The topological polar surface area (TPSA) is 35.5 Å². The van der Waals surface area contributed by atoms with Crippen LogP contribution in [0.15, 0.2) is 12.2 Å². The lowest BCUT2D eigenvalue weighted by Gasteiger charge is -2.29. The predicted octanol–water partition coefficient (Wildman–Crippen LogP) is 3.91. The van der Waals surface area contributed by atoms with E-state index < -0.39 is 5.60 Å². The number of Topliss-reactive ketones (excluding diaryl/α,β-unsaturated/α-hetero) is 1. The molecule has 0 rings (SSSR count). The summed E-state index contributed by atoms with van der Waals surface area (Å²) in [5.74, 6) is -0.0443. The van der Waals surface area contributed by atoms with Gasteiger partial charge in [-0.25, -0.2) is 0 Å². The van der Waals surface area contributed by atoms with Crippen LogP contribution in [-0.4, -0.2) is 30.2 Å². The van der Waals surface area contributed by atoms with Crippen LogP contribution < -0.4 is 0 Å². The fourth-order valence-electron chi connectivity index (χ4n) is 1.70. The van der Waals surface area contributed by atoms with Crippen molar-refractivity contribution in [1.29, 1.82) is 0 Å². The smallest absolute Gasteiger partial charge is 0.189 e. The van der Waals surface area contributed by atoms with Gasteiger partial charge in [0, 0.05) is 6.61 Å². The number of hydrogen-bond donors (Lipinski definition) is 0. The van der Waals surface area contributed by atoms with Crippen LogP contribution in [0.4, 0.5) is 0 Å². The molecule has 0 saturated heterocycles. The molecule has 0 amide bonds. The summed E-state index contributed by atoms with van der Waals surface area (Å²) in [4.78, 5) is 11.9. The molecular formula is C16H30O3. The molecule has 0 radical (unpaired) electrons. The molecule has 19 heavy (non-hydrogen) atoms. The third-order valence-electron chi connectivity index (χ3n) is 3.09. The third kappa shape index (κ3) is 7.48. The fraction of sp³-hybridized carbons (Fsp3) is 0.812. The van der Waals surface area contributed by atoms with E-state index in [1.165, 1.54) is 0 Å². The van der Waals surface area contributed by atoms with Gasteiger partial charge in [-0.2, -0.15) is 0 Å². The van der Waals surface area contributed by atoms with E-state index >= 15 is 0 Å². The van der Waals surface area contributed by atoms with Gasteiger partial charge in [0.05, 0.1) is 12.2 Å². The van der Waals surface area contributed by atoms with Gasteiger partial charge in [-0.05, 0) is 53.0 Å². The van der Waals surface area contributed by atoms with E-state index in [0.717, 1.165) is 25.9 Å². The number of ketones is 1. The number of carbonyl (C=O) groups is 1. The molecule has 112 valence electrons. The van der Waals surface area contributed by atoms with Crippen LogP contribution in [0.3, 0.4) is 0 Å². The SMILES string of the molecule is C=C(C)C(=O)C(C)(C)OCCC(C)(C)OCCCC. The van der Waals surface area contributed by atoms with Crippen LogP contribution in [0.5, 0.6) is 0 Å². The number of unbranched alkanes of at least 4 members (excludes halogenated alkanes) is 1. The lowest BCUT2D eigenvalue weighted by atomic mass is 9.98. The molecule has 0 aliphatic heterocycles. The lowest BCUT2D eigenvalue weighted by molar-refractivity contribution is -0.139. The van der Waals surface area contributed by atoms with E-state index in [0.29, 0.717) is 12.2 Å². The number of ether oxygens (including phenoxy) is 2. The number of rotatable bonds is 10. The molecule has 0 aliphatic rings. The van der Waals surface area contributed by atoms with Crippen molar-refractivity contribution in [3.8, 4) is 0 Å². The van der Waals surface area contributed by atoms with Crippen LogP contribution in [0.25, 0.3) is 0 Å². The molecule has 0 bridgehead atoms. The first-order valence-electron chi connectivity index (χ1n) is 7.10. The standard InChI is InChI=1S/C16H30O3/c1-8-9-11-18-15(4,5)10-12-19-16(6,7)14(17)13(2)3/h2,8-12H2,1,3-7H3. The molecule has 0 heterocycles. The molecule has 0 spiro atoms. The van der Waals surface area contributed by atoms with Crippen molar-refractivity contribution in [3.63, 3.8) is 0 Å². The van der Waals surface area contributed by atoms with Gasteiger partial charge in [-0.1, -0.05) is 19.9 Å². The van der Waals surface area contributed by atoms with Crippen molar-refractivity contribution in [2.24, 2.45) is 0 Å². The highest BCUT2D eigenvalue weighted by Crippen LogP contribution is 2.20. The summed E-state index contributed by atoms with van der Waals surface area (Å²) >= 11 is 0. The van der Waals surface area contributed by atoms with E-state index in [2.05, 4.69) is 27.4 Å². The maximum absolute atomic E-state index is 11.9. The van der Waals surface area contributed by atoms with Gasteiger partial charge >= 0.3 is 0 Å². The molecule has 0 aliphatic carbocycles. The minimum absolute atomic E-state index is 0.0443. The Labute approximate surface area is 118 Å². The Morgan fingerprint density at radius 3 is 2.16 bits per heavy atom. The van der Waals surface area contributed by atoms with Gasteiger partial charge in [0.25, 0.3) is 0 Å². The van der Waals surface area contributed by atoms with E-state index in [1.807, 2.05) is 0 Å². The van der Waals surface area contributed by atoms with Crippen molar-refractivity contribution < 1.29 is 14.3 Å². The summed E-state index contributed by atoms with van der Waals surface area (Å²) in [6.45, 7) is 16.5. The first-order valence-corrected chi connectivity index (χ1v) is 7.10. The zero-order valence-corrected chi connectivity index (χ0v) is 13.5. The average molecular weight is 270 g/mol. The van der Waals surface area contributed by atoms with Crippen molar-refractivity contribution >= 4 is 5.78 Å². The van der Waals surface area contributed by atoms with Crippen molar-refractivity contribution in [3.05, 3.63) is 12.2 Å². The Hall–Kier alpha value is -0.670. The van der Waals surface area contributed by atoms with Crippen molar-refractivity contribution in [2.45, 2.75) is 72.0 Å². The van der Waals surface area contributed by atoms with Gasteiger partial charge in [-0.15, -0.1) is 0 Å². The van der Waals surface area contributed by atoms with Gasteiger partial charge in [0.2, 0.25) is 0 Å². The Balaban J connectivity index is 4.13. The fourth-order valence-corrected chi connectivity index (χ4v) is 1.70. The van der Waals surface area contributed by atoms with Crippen LogP contribution in [0.2, 0.25) is 0 Å². The quantitative estimate of drug-likeness (QED) is 0.446. The predicted molar refractivity (Wildman–Crippen MR) is 79.4 cm³/mol. The molecule has 0 aromatic heterocycles. The molecule has 0 atom stereocenters. The minimum Gasteiger partial charge on any atom is -0.375 e. The van der Waals surface area contributed by atoms with Gasteiger partial charge in [0.15, 0.2) is 5.78 Å². The Bertz CT molecular complexity index is 303. The zero-order chi connectivity index (χ0) is 15.1. The van der Waals surface area contributed by atoms with E-state index in [9.17, 15) is 4.79 Å². The summed E-state index contributed by atoms with van der Waals surface area (Å²) in [6.07, 6.45) is 2.97. The molecule has 0 N–H and O–H groups in total. The Morgan fingerprint density at radius 2 is 1.68 bits per heavy atom. The zero-order valence-electron chi connectivity index (χ0n) is 13.5. The maximum atomic E-state index is 11.9. The second-order valence-corrected chi connectivity index (χ2v) is 6.18. The van der Waals surface area contributed by atoms with E-state index in [4.69, 9.17) is 9.47 Å². The summed E-state index contributed by atoms with van der Waals surface area (Å²) in [7, 11) is 0. The number of carbonyl (C=O) groups excluding carboxylic acids is 1.